The molecule has 0 spiro atoms. The molecule has 1 heterocycles. The van der Waals surface area contributed by atoms with Crippen LogP contribution in [-0.4, -0.2) is 19.9 Å². The van der Waals surface area contributed by atoms with Gasteiger partial charge < -0.3 is 14.8 Å². The Balaban J connectivity index is 0.000000370. The zero-order chi connectivity index (χ0) is 29.0. The van der Waals surface area contributed by atoms with Crippen molar-refractivity contribution < 1.29 is 35.7 Å². The smallest absolute Gasteiger partial charge is 0.680 e. The van der Waals surface area contributed by atoms with Crippen molar-refractivity contribution in [3.63, 3.8) is 0 Å². The van der Waals surface area contributed by atoms with Crippen molar-refractivity contribution in [1.29, 1.82) is 0 Å². The summed E-state index contributed by atoms with van der Waals surface area (Å²) in [7, 11) is -1.49. The fourth-order valence-electron chi connectivity index (χ4n) is 4.72. The summed E-state index contributed by atoms with van der Waals surface area (Å²) in [6, 6.07) is 31.4. The average Bonchev–Trinajstić information content (AvgIpc) is 3.79. The first-order chi connectivity index (χ1) is 19.8. The predicted octanol–water partition coefficient (Wildman–Crippen LogP) is 9.50. The van der Waals surface area contributed by atoms with Gasteiger partial charge in [0.1, 0.15) is 12.2 Å². The molecule has 2 saturated carbocycles. The number of nitrogens with zero attached hydrogens (tertiary/aromatic N) is 1. The predicted molar refractivity (Wildman–Crippen MR) is 173 cm³/mol. The maximum absolute atomic E-state index is 6.68. The van der Waals surface area contributed by atoms with Gasteiger partial charge in [-0.15, -0.1) is 5.69 Å². The van der Waals surface area contributed by atoms with Gasteiger partial charge >= 0.3 is 26.2 Å². The molecule has 1 aliphatic heterocycles. The molecule has 6 rings (SSSR count). The van der Waals surface area contributed by atoms with Gasteiger partial charge in [-0.1, -0.05) is 123 Å². The molecule has 0 amide bonds. The van der Waals surface area contributed by atoms with E-state index in [9.17, 15) is 0 Å². The van der Waals surface area contributed by atoms with Crippen molar-refractivity contribution in [3.05, 3.63) is 179 Å². The van der Waals surface area contributed by atoms with E-state index in [1.165, 1.54) is 0 Å². The molecule has 1 saturated heterocycles. The van der Waals surface area contributed by atoms with Gasteiger partial charge in [0.15, 0.2) is 0 Å². The van der Waals surface area contributed by atoms with Crippen LogP contribution in [0.2, 0.25) is 25.7 Å². The number of rotatable bonds is 7. The Morgan fingerprint density at radius 1 is 0.619 bits per heavy atom. The maximum atomic E-state index is 6.68. The Labute approximate surface area is 276 Å². The molecule has 214 valence electrons. The molecule has 0 unspecified atom stereocenters. The molecule has 3 aromatic carbocycles. The van der Waals surface area contributed by atoms with Gasteiger partial charge in [0.25, 0.3) is 0 Å². The minimum absolute atomic E-state index is 0. The molecule has 3 atom stereocenters. The van der Waals surface area contributed by atoms with Crippen LogP contribution >= 0.6 is 0 Å². The van der Waals surface area contributed by atoms with Crippen molar-refractivity contribution in [1.82, 2.24) is 0 Å². The minimum atomic E-state index is -1.49. The summed E-state index contributed by atoms with van der Waals surface area (Å²) in [4.78, 5) is 0. The molecule has 0 bridgehead atoms. The van der Waals surface area contributed by atoms with E-state index in [1.807, 2.05) is 131 Å². The third kappa shape index (κ3) is 11.2. The average molecular weight is 651 g/mol. The second-order valence-corrected chi connectivity index (χ2v) is 16.9. The van der Waals surface area contributed by atoms with Crippen LogP contribution in [0, 0.1) is 71.1 Å². The first-order valence-corrected chi connectivity index (χ1v) is 17.9. The van der Waals surface area contributed by atoms with E-state index < -0.39 is 13.9 Å². The summed E-state index contributed by atoms with van der Waals surface area (Å²) >= 11 is 0. The van der Waals surface area contributed by atoms with Crippen LogP contribution in [0.4, 0.5) is 5.69 Å². The largest absolute Gasteiger partial charge is 2.00 e. The third-order valence-corrected chi connectivity index (χ3v) is 8.28. The van der Waals surface area contributed by atoms with Gasteiger partial charge in [-0.05, 0) is 75.3 Å². The third-order valence-electron chi connectivity index (χ3n) is 6.67. The van der Waals surface area contributed by atoms with Crippen molar-refractivity contribution in [2.45, 2.75) is 49.7 Å². The normalized spacial score (nSPS) is 21.6. The molecule has 10 radical (unpaired) electrons. The first kappa shape index (κ1) is 35.0. The Morgan fingerprint density at radius 2 is 0.952 bits per heavy atom. The van der Waals surface area contributed by atoms with Gasteiger partial charge in [-0.2, -0.15) is 0 Å². The van der Waals surface area contributed by atoms with Gasteiger partial charge in [-0.25, -0.2) is 0 Å². The Kier molecular flexibility index (Phi) is 14.7. The van der Waals surface area contributed by atoms with Crippen LogP contribution in [0.25, 0.3) is 5.32 Å². The molecule has 0 N–H and O–H groups in total. The summed E-state index contributed by atoms with van der Waals surface area (Å²) in [5, 5.41) is 5.08. The number of benzene rings is 3. The standard InChI is InChI=1S/C27H31NO2Si.2C5H5.Zr/c1-27(24(20-31(2,3)4)28-23-18-12-7-13-19-23)29-25(21-14-8-5-9-15-21)26(30-27)22-16-10-6-11-17-22;2*1-2-4-5-3-1;/h5-19,24-26H,1,20H2,2-4H3;2*1-5H;/q-2;;;+2/t24-,25-,26-;;;/m1.../s1. The number of hydrogen-bond donors (Lipinski definition) is 0. The second-order valence-electron chi connectivity index (χ2n) is 11.4. The van der Waals surface area contributed by atoms with Crippen LogP contribution < -0.4 is 0 Å². The molecule has 3 nitrogen and oxygen atoms in total. The van der Waals surface area contributed by atoms with E-state index in [0.717, 1.165) is 22.9 Å². The number of hydrogen-bond acceptors (Lipinski definition) is 2. The van der Waals surface area contributed by atoms with Gasteiger partial charge in [-0.3, -0.25) is 6.92 Å². The summed E-state index contributed by atoms with van der Waals surface area (Å²) in [5.41, 5.74) is 3.11. The molecule has 0 aromatic heterocycles. The van der Waals surface area contributed by atoms with Gasteiger partial charge in [0.2, 0.25) is 0 Å². The Hall–Kier alpha value is -1.52. The molecule has 3 aromatic rings. The van der Waals surface area contributed by atoms with Crippen LogP contribution in [0.15, 0.2) is 91.0 Å². The topological polar surface area (TPSA) is 32.6 Å². The summed E-state index contributed by atoms with van der Waals surface area (Å²) in [5.74, 6) is -1.06. The molecule has 3 fully saturated rings. The van der Waals surface area contributed by atoms with E-state index in [2.05, 4.69) is 50.8 Å². The molecule has 3 aliphatic rings. The molecular weight excluding hydrogens is 610 g/mol. The maximum Gasteiger partial charge on any atom is 2.00 e. The fraction of sp³-hybridized carbons (Fsp3) is 0.216. The zero-order valence-corrected chi connectivity index (χ0v) is 28.3. The number of para-hydroxylation sites is 1. The van der Waals surface area contributed by atoms with E-state index in [0.29, 0.717) is 0 Å². The second kappa shape index (κ2) is 17.7. The Bertz CT molecular complexity index is 1040. The van der Waals surface area contributed by atoms with E-state index in [4.69, 9.17) is 14.8 Å². The quantitative estimate of drug-likeness (QED) is 0.189. The SMILES string of the molecule is [CH2-]C1([C@@H](C[Si](C)(C)C)[N-]c2ccccc2)O[C@H](c2ccccc2)[C@@H](c2ccccc2)O1.[CH]1[CH][CH][CH][CH]1.[CH]1[CH][CH][CH][CH]1.[Zr+2]. The van der Waals surface area contributed by atoms with E-state index in [1.54, 1.807) is 0 Å². The van der Waals surface area contributed by atoms with Crippen LogP contribution in [0.5, 0.6) is 0 Å². The molecule has 2 aliphatic carbocycles. The van der Waals surface area contributed by atoms with Crippen molar-refractivity contribution >= 4 is 13.8 Å². The van der Waals surface area contributed by atoms with Crippen LogP contribution in [0.1, 0.15) is 23.3 Å². The van der Waals surface area contributed by atoms with Crippen molar-refractivity contribution in [3.8, 4) is 0 Å². The van der Waals surface area contributed by atoms with Crippen LogP contribution in [0.3, 0.4) is 0 Å². The van der Waals surface area contributed by atoms with Crippen molar-refractivity contribution in [2.24, 2.45) is 0 Å². The summed E-state index contributed by atoms with van der Waals surface area (Å²) in [6.07, 6.45) is 19.5. The Morgan fingerprint density at radius 3 is 1.29 bits per heavy atom. The van der Waals surface area contributed by atoms with Gasteiger partial charge in [0, 0.05) is 13.9 Å². The minimum Gasteiger partial charge on any atom is -0.680 e. The van der Waals surface area contributed by atoms with Crippen LogP contribution in [-0.2, 0) is 35.7 Å². The summed E-state index contributed by atoms with van der Waals surface area (Å²) < 4.78 is 13.4. The molecule has 42 heavy (non-hydrogen) atoms. The first-order valence-electron chi connectivity index (χ1n) is 14.2. The number of ether oxygens (including phenoxy) is 2. The fourth-order valence-corrected chi connectivity index (χ4v) is 6.29. The van der Waals surface area contributed by atoms with E-state index >= 15 is 0 Å². The monoisotopic (exact) mass is 649 g/mol. The van der Waals surface area contributed by atoms with Crippen molar-refractivity contribution in [2.75, 3.05) is 0 Å². The summed E-state index contributed by atoms with van der Waals surface area (Å²) in [6.45, 7) is 11.5. The van der Waals surface area contributed by atoms with Gasteiger partial charge in [0.05, 0.1) is 0 Å². The van der Waals surface area contributed by atoms with E-state index in [-0.39, 0.29) is 44.5 Å². The zero-order valence-electron chi connectivity index (χ0n) is 24.8. The molecular formula is C37H41NO2SiZr. The molecule has 5 heteroatoms.